The van der Waals surface area contributed by atoms with Gasteiger partial charge >= 0.3 is 0 Å². The summed E-state index contributed by atoms with van der Waals surface area (Å²) >= 11 is 0. The van der Waals surface area contributed by atoms with Gasteiger partial charge in [0.1, 0.15) is 5.54 Å². The summed E-state index contributed by atoms with van der Waals surface area (Å²) in [6.45, 7) is 0.308. The summed E-state index contributed by atoms with van der Waals surface area (Å²) in [5.74, 6) is -0.225. The molecule has 0 atom stereocenters. The number of hydrogen-bond acceptors (Lipinski definition) is 4. The Balaban J connectivity index is 4.62. The molecule has 0 fully saturated rings. The molecule has 1 amide bonds. The van der Waals surface area contributed by atoms with E-state index >= 15 is 0 Å². The van der Waals surface area contributed by atoms with Gasteiger partial charge in [0.05, 0.1) is 19.8 Å². The molecule has 5 nitrogen and oxygen atoms in total. The Hall–Kier alpha value is -0.650. The monoisotopic (exact) mass is 191 g/mol. The number of aliphatic hydroxyl groups is 3. The summed E-state index contributed by atoms with van der Waals surface area (Å²) in [6, 6.07) is 0. The lowest BCUT2D eigenvalue weighted by atomic mass is 10.0. The number of rotatable bonds is 5. The first kappa shape index (κ1) is 12.3. The summed E-state index contributed by atoms with van der Waals surface area (Å²) in [5, 5.41) is 26.9. The molecule has 5 heteroatoms. The van der Waals surface area contributed by atoms with Crippen molar-refractivity contribution in [1.82, 2.24) is 4.90 Å². The first-order chi connectivity index (χ1) is 6.07. The average Bonchev–Trinajstić information content (AvgIpc) is 2.20. The maximum Gasteiger partial charge on any atom is 0.222 e. The van der Waals surface area contributed by atoms with Gasteiger partial charge in [-0.3, -0.25) is 4.79 Å². The maximum atomic E-state index is 11.2. The molecule has 0 aliphatic rings. The highest BCUT2D eigenvalue weighted by Gasteiger charge is 2.35. The number of aliphatic hydroxyl groups excluding tert-OH is 3. The Morgan fingerprint density at radius 1 is 1.23 bits per heavy atom. The Bertz CT molecular complexity index is 159. The molecule has 0 spiro atoms. The van der Waals surface area contributed by atoms with Crippen LogP contribution in [0.3, 0.4) is 0 Å². The zero-order valence-electron chi connectivity index (χ0n) is 8.03. The van der Waals surface area contributed by atoms with E-state index in [0.717, 1.165) is 0 Å². The van der Waals surface area contributed by atoms with Crippen LogP contribution in [0.1, 0.15) is 13.3 Å². The van der Waals surface area contributed by atoms with Crippen molar-refractivity contribution in [3.8, 4) is 0 Å². The van der Waals surface area contributed by atoms with E-state index in [-0.39, 0.29) is 12.3 Å². The predicted octanol–water partition coefficient (Wildman–Crippen LogP) is -1.43. The van der Waals surface area contributed by atoms with Crippen LogP contribution in [0.5, 0.6) is 0 Å². The number of carbonyl (C=O) groups is 1. The van der Waals surface area contributed by atoms with Crippen LogP contribution in [0.25, 0.3) is 0 Å². The van der Waals surface area contributed by atoms with Crippen LogP contribution in [0.15, 0.2) is 0 Å². The lowest BCUT2D eigenvalue weighted by molar-refractivity contribution is -0.142. The van der Waals surface area contributed by atoms with E-state index in [0.29, 0.717) is 0 Å². The van der Waals surface area contributed by atoms with Gasteiger partial charge in [-0.25, -0.2) is 0 Å². The number of amides is 1. The molecule has 0 aliphatic heterocycles. The van der Waals surface area contributed by atoms with E-state index in [9.17, 15) is 4.79 Å². The van der Waals surface area contributed by atoms with Gasteiger partial charge < -0.3 is 20.2 Å². The highest BCUT2D eigenvalue weighted by atomic mass is 16.3. The molecule has 0 aromatic rings. The Morgan fingerprint density at radius 3 is 1.85 bits per heavy atom. The summed E-state index contributed by atoms with van der Waals surface area (Å²) in [7, 11) is 1.45. The largest absolute Gasteiger partial charge is 0.394 e. The number of likely N-dealkylation sites (N-methyl/N-ethyl adjacent to an activating group) is 1. The topological polar surface area (TPSA) is 81.0 Å². The summed E-state index contributed by atoms with van der Waals surface area (Å²) in [6.07, 6.45) is 0.276. The van der Waals surface area contributed by atoms with E-state index in [1.807, 2.05) is 0 Å². The molecule has 0 aromatic carbocycles. The molecule has 0 radical (unpaired) electrons. The SMILES string of the molecule is CCC(=O)N(C)C(CO)(CO)CO. The number of nitrogens with zero attached hydrogens (tertiary/aromatic N) is 1. The second-order valence-electron chi connectivity index (χ2n) is 3.00. The van der Waals surface area contributed by atoms with Gasteiger partial charge in [0.25, 0.3) is 0 Å². The van der Waals surface area contributed by atoms with Crippen LogP contribution in [-0.2, 0) is 4.79 Å². The van der Waals surface area contributed by atoms with Crippen LogP contribution in [0.2, 0.25) is 0 Å². The van der Waals surface area contributed by atoms with Crippen molar-refractivity contribution in [3.63, 3.8) is 0 Å². The lowest BCUT2D eigenvalue weighted by Crippen LogP contribution is -2.57. The third kappa shape index (κ3) is 2.40. The van der Waals surface area contributed by atoms with Gasteiger partial charge in [0.15, 0.2) is 0 Å². The molecular formula is C8H17NO4. The summed E-state index contributed by atoms with van der Waals surface area (Å²) in [5.41, 5.74) is -1.24. The second kappa shape index (κ2) is 5.16. The molecule has 0 aliphatic carbocycles. The smallest absolute Gasteiger partial charge is 0.222 e. The first-order valence-corrected chi connectivity index (χ1v) is 4.17. The molecule has 0 saturated heterocycles. The van der Waals surface area contributed by atoms with E-state index in [1.54, 1.807) is 6.92 Å². The van der Waals surface area contributed by atoms with Gasteiger partial charge in [-0.2, -0.15) is 0 Å². The zero-order valence-corrected chi connectivity index (χ0v) is 8.03. The van der Waals surface area contributed by atoms with E-state index in [1.165, 1.54) is 11.9 Å². The maximum absolute atomic E-state index is 11.2. The normalized spacial score (nSPS) is 11.5. The molecule has 0 heterocycles. The lowest BCUT2D eigenvalue weighted by Gasteiger charge is -2.37. The van der Waals surface area contributed by atoms with Crippen LogP contribution in [0, 0.1) is 0 Å². The van der Waals surface area contributed by atoms with Crippen molar-refractivity contribution in [2.24, 2.45) is 0 Å². The van der Waals surface area contributed by atoms with E-state index < -0.39 is 25.4 Å². The van der Waals surface area contributed by atoms with Crippen LogP contribution in [-0.4, -0.2) is 58.5 Å². The second-order valence-corrected chi connectivity index (χ2v) is 3.00. The Kier molecular flexibility index (Phi) is 4.90. The van der Waals surface area contributed by atoms with Gasteiger partial charge in [-0.05, 0) is 0 Å². The molecule has 3 N–H and O–H groups in total. The number of carbonyl (C=O) groups excluding carboxylic acids is 1. The Labute approximate surface area is 77.6 Å². The van der Waals surface area contributed by atoms with Gasteiger partial charge in [-0.1, -0.05) is 6.92 Å². The van der Waals surface area contributed by atoms with E-state index in [2.05, 4.69) is 0 Å². The summed E-state index contributed by atoms with van der Waals surface area (Å²) in [4.78, 5) is 12.4. The van der Waals surface area contributed by atoms with Crippen molar-refractivity contribution >= 4 is 5.91 Å². The Morgan fingerprint density at radius 2 is 1.62 bits per heavy atom. The molecule has 0 unspecified atom stereocenters. The minimum Gasteiger partial charge on any atom is -0.394 e. The van der Waals surface area contributed by atoms with Crippen molar-refractivity contribution in [1.29, 1.82) is 0 Å². The molecule has 13 heavy (non-hydrogen) atoms. The third-order valence-corrected chi connectivity index (χ3v) is 2.27. The molecule has 78 valence electrons. The molecule has 0 bridgehead atoms. The van der Waals surface area contributed by atoms with Crippen LogP contribution < -0.4 is 0 Å². The fourth-order valence-electron chi connectivity index (χ4n) is 0.970. The summed E-state index contributed by atoms with van der Waals surface area (Å²) < 4.78 is 0. The minimum absolute atomic E-state index is 0.225. The van der Waals surface area contributed by atoms with Gasteiger partial charge in [-0.15, -0.1) is 0 Å². The van der Waals surface area contributed by atoms with Crippen molar-refractivity contribution in [3.05, 3.63) is 0 Å². The van der Waals surface area contributed by atoms with Crippen molar-refractivity contribution in [2.75, 3.05) is 26.9 Å². The molecule has 0 saturated carbocycles. The van der Waals surface area contributed by atoms with Crippen molar-refractivity contribution in [2.45, 2.75) is 18.9 Å². The third-order valence-electron chi connectivity index (χ3n) is 2.27. The highest BCUT2D eigenvalue weighted by Crippen LogP contribution is 2.12. The van der Waals surface area contributed by atoms with Gasteiger partial charge in [0.2, 0.25) is 5.91 Å². The fourth-order valence-corrected chi connectivity index (χ4v) is 0.970. The quantitative estimate of drug-likeness (QED) is 0.497. The minimum atomic E-state index is -1.24. The molecular weight excluding hydrogens is 174 g/mol. The van der Waals surface area contributed by atoms with Crippen molar-refractivity contribution < 1.29 is 20.1 Å². The first-order valence-electron chi connectivity index (χ1n) is 4.17. The zero-order chi connectivity index (χ0) is 10.5. The highest BCUT2D eigenvalue weighted by molar-refractivity contribution is 5.76. The fraction of sp³-hybridized carbons (Fsp3) is 0.875. The number of hydrogen-bond donors (Lipinski definition) is 3. The molecule has 0 rings (SSSR count). The predicted molar refractivity (Wildman–Crippen MR) is 47.0 cm³/mol. The van der Waals surface area contributed by atoms with Crippen LogP contribution in [0.4, 0.5) is 0 Å². The van der Waals surface area contributed by atoms with Crippen LogP contribution >= 0.6 is 0 Å². The van der Waals surface area contributed by atoms with E-state index in [4.69, 9.17) is 15.3 Å². The standard InChI is InChI=1S/C8H17NO4/c1-3-7(13)9(2)8(4-10,5-11)6-12/h10-12H,3-6H2,1-2H3. The van der Waals surface area contributed by atoms with Gasteiger partial charge in [0, 0.05) is 13.5 Å². The average molecular weight is 191 g/mol. The molecule has 0 aromatic heterocycles.